The smallest absolute Gasteiger partial charge is 0.472 e. The Kier molecular flexibility index (Phi) is 48.8. The summed E-state index contributed by atoms with van der Waals surface area (Å²) >= 11 is 0. The molecule has 0 aromatic carbocycles. The molecule has 0 aliphatic carbocycles. The summed E-state index contributed by atoms with van der Waals surface area (Å²) < 4.78 is 33.5. The van der Waals surface area contributed by atoms with Gasteiger partial charge in [-0.1, -0.05) is 208 Å². The van der Waals surface area contributed by atoms with Crippen molar-refractivity contribution in [3.05, 3.63) is 85.1 Å². The largest absolute Gasteiger partial charge is 0.480 e. The fraction of sp³-hybridized carbons (Fsp3) is 0.714. The topological polar surface area (TPSA) is 155 Å². The first-order valence-electron chi connectivity index (χ1n) is 26.6. The number of carbonyl (C=O) groups is 2. The van der Waals surface area contributed by atoms with Crippen molar-refractivity contribution in [3.63, 3.8) is 0 Å². The number of allylic oxidation sites excluding steroid dienone is 14. The minimum Gasteiger partial charge on any atom is -0.480 e. The number of rotatable bonds is 50. The molecule has 0 amide bonds. The third kappa shape index (κ3) is 50.8. The molecule has 0 fully saturated rings. The van der Waals surface area contributed by atoms with E-state index in [0.29, 0.717) is 13.0 Å². The summed E-state index contributed by atoms with van der Waals surface area (Å²) in [5, 5.41) is 8.94. The zero-order valence-corrected chi connectivity index (χ0v) is 43.4. The Morgan fingerprint density at radius 3 is 1.30 bits per heavy atom. The molecule has 0 aliphatic rings. The van der Waals surface area contributed by atoms with Crippen molar-refractivity contribution in [2.75, 3.05) is 26.4 Å². The molecule has 4 N–H and O–H groups in total. The maximum atomic E-state index is 12.7. The molecule has 0 spiro atoms. The molecule has 0 bridgehead atoms. The van der Waals surface area contributed by atoms with E-state index < -0.39 is 45.1 Å². The second-order valence-electron chi connectivity index (χ2n) is 17.6. The summed E-state index contributed by atoms with van der Waals surface area (Å²) in [6, 6.07) is -1.48. The second-order valence-corrected chi connectivity index (χ2v) is 19.1. The lowest BCUT2D eigenvalue weighted by molar-refractivity contribution is -0.154. The van der Waals surface area contributed by atoms with Gasteiger partial charge in [-0.2, -0.15) is 0 Å². The molecule has 0 aromatic heterocycles. The van der Waals surface area contributed by atoms with Crippen molar-refractivity contribution in [1.82, 2.24) is 0 Å². The van der Waals surface area contributed by atoms with Gasteiger partial charge in [0.2, 0.25) is 0 Å². The number of unbranched alkanes of at least 4 members (excludes halogenated alkanes) is 22. The lowest BCUT2D eigenvalue weighted by Crippen LogP contribution is -2.34. The molecule has 0 aromatic rings. The number of hydrogen-bond donors (Lipinski definition) is 3. The van der Waals surface area contributed by atoms with Gasteiger partial charge >= 0.3 is 19.8 Å². The Hall–Kier alpha value is -2.85. The standard InChI is InChI=1S/C56H98NO9P/c1-3-5-7-9-11-13-15-17-19-21-23-25-27-28-30-32-34-36-38-40-42-44-46-48-55(58)66-53(51-64-67(61,62)65-52-54(57)56(59)60)50-63-49-47-45-43-41-39-37-35-33-31-29-26-24-22-20-18-16-14-12-10-8-6-4-2/h5,7,11,13,16-19,22-25,28,30,53-54H,3-4,6,8-10,12,14-15,20-21,26-27,29,31-52,57H2,1-2H3,(H,59,60)(H,61,62)/b7-5-,13-11-,18-16-,19-17-,24-22-,25-23-,30-28-. The van der Waals surface area contributed by atoms with Gasteiger partial charge in [0.15, 0.2) is 0 Å². The average molecular weight is 960 g/mol. The Morgan fingerprint density at radius 2 is 0.866 bits per heavy atom. The van der Waals surface area contributed by atoms with E-state index in [1.165, 1.54) is 109 Å². The number of phosphoric ester groups is 1. The molecule has 0 saturated heterocycles. The first-order chi connectivity index (χ1) is 32.7. The number of ether oxygens (including phenoxy) is 2. The molecule has 0 saturated carbocycles. The van der Waals surface area contributed by atoms with Crippen LogP contribution in [0.3, 0.4) is 0 Å². The van der Waals surface area contributed by atoms with Crippen LogP contribution in [-0.2, 0) is 32.7 Å². The van der Waals surface area contributed by atoms with Crippen LogP contribution in [0.25, 0.3) is 0 Å². The molecule has 3 atom stereocenters. The quantitative estimate of drug-likeness (QED) is 0.0232. The first-order valence-corrected chi connectivity index (χ1v) is 28.1. The van der Waals surface area contributed by atoms with E-state index in [1.807, 2.05) is 0 Å². The zero-order chi connectivity index (χ0) is 49.0. The molecule has 10 nitrogen and oxygen atoms in total. The summed E-state index contributed by atoms with van der Waals surface area (Å²) in [4.78, 5) is 33.7. The number of carboxylic acid groups (broad SMARTS) is 1. The number of nitrogens with two attached hydrogens (primary N) is 1. The maximum Gasteiger partial charge on any atom is 0.472 e. The minimum absolute atomic E-state index is 0.00605. The highest BCUT2D eigenvalue weighted by atomic mass is 31.2. The predicted molar refractivity (Wildman–Crippen MR) is 281 cm³/mol. The number of hydrogen-bond acceptors (Lipinski definition) is 8. The molecule has 0 heterocycles. The Labute approximate surface area is 409 Å². The van der Waals surface area contributed by atoms with Gasteiger partial charge in [0.25, 0.3) is 0 Å². The summed E-state index contributed by atoms with van der Waals surface area (Å²) in [5.74, 6) is -1.79. The summed E-state index contributed by atoms with van der Waals surface area (Å²) in [6.07, 6.45) is 66.4. The van der Waals surface area contributed by atoms with Gasteiger partial charge < -0.3 is 25.2 Å². The van der Waals surface area contributed by atoms with E-state index in [1.54, 1.807) is 0 Å². The third-order valence-electron chi connectivity index (χ3n) is 11.2. The van der Waals surface area contributed by atoms with E-state index in [4.69, 9.17) is 29.4 Å². The van der Waals surface area contributed by atoms with Gasteiger partial charge in [-0.3, -0.25) is 18.6 Å². The fourth-order valence-electron chi connectivity index (χ4n) is 7.07. The average Bonchev–Trinajstić information content (AvgIpc) is 3.31. The van der Waals surface area contributed by atoms with E-state index in [2.05, 4.69) is 98.9 Å². The number of aliphatic carboxylic acids is 1. The molecular formula is C56H98NO9P. The molecule has 67 heavy (non-hydrogen) atoms. The van der Waals surface area contributed by atoms with Crippen LogP contribution in [-0.4, -0.2) is 60.5 Å². The van der Waals surface area contributed by atoms with Crippen molar-refractivity contribution < 1.29 is 42.7 Å². The van der Waals surface area contributed by atoms with Gasteiger partial charge in [0, 0.05) is 13.0 Å². The lowest BCUT2D eigenvalue weighted by Gasteiger charge is -2.20. The number of carbonyl (C=O) groups excluding carboxylic acids is 1. The molecule has 0 rings (SSSR count). The van der Waals surface area contributed by atoms with Crippen LogP contribution in [0.2, 0.25) is 0 Å². The van der Waals surface area contributed by atoms with Gasteiger partial charge in [-0.15, -0.1) is 0 Å². The molecule has 3 unspecified atom stereocenters. The van der Waals surface area contributed by atoms with Gasteiger partial charge in [-0.05, 0) is 89.9 Å². The lowest BCUT2D eigenvalue weighted by atomic mass is 10.1. The minimum atomic E-state index is -4.63. The van der Waals surface area contributed by atoms with Crippen molar-refractivity contribution in [2.45, 2.75) is 231 Å². The van der Waals surface area contributed by atoms with Gasteiger partial charge in [0.05, 0.1) is 19.8 Å². The van der Waals surface area contributed by atoms with Crippen LogP contribution < -0.4 is 5.73 Å². The van der Waals surface area contributed by atoms with Crippen LogP contribution in [0.4, 0.5) is 0 Å². The predicted octanol–water partition coefficient (Wildman–Crippen LogP) is 15.9. The highest BCUT2D eigenvalue weighted by Gasteiger charge is 2.27. The highest BCUT2D eigenvalue weighted by Crippen LogP contribution is 2.43. The molecule has 386 valence electrons. The van der Waals surface area contributed by atoms with E-state index in [9.17, 15) is 19.0 Å². The van der Waals surface area contributed by atoms with Crippen molar-refractivity contribution in [3.8, 4) is 0 Å². The maximum absolute atomic E-state index is 12.7. The number of esters is 1. The first kappa shape index (κ1) is 64.2. The molecule has 0 radical (unpaired) electrons. The van der Waals surface area contributed by atoms with Crippen molar-refractivity contribution in [1.29, 1.82) is 0 Å². The van der Waals surface area contributed by atoms with Crippen LogP contribution in [0.5, 0.6) is 0 Å². The summed E-state index contributed by atoms with van der Waals surface area (Å²) in [7, 11) is -4.63. The van der Waals surface area contributed by atoms with E-state index in [-0.39, 0.29) is 13.0 Å². The van der Waals surface area contributed by atoms with Crippen LogP contribution >= 0.6 is 7.82 Å². The van der Waals surface area contributed by atoms with Gasteiger partial charge in [0.1, 0.15) is 12.1 Å². The number of carboxylic acids is 1. The Morgan fingerprint density at radius 1 is 0.493 bits per heavy atom. The number of phosphoric acid groups is 1. The van der Waals surface area contributed by atoms with E-state index in [0.717, 1.165) is 83.5 Å². The highest BCUT2D eigenvalue weighted by molar-refractivity contribution is 7.47. The van der Waals surface area contributed by atoms with E-state index >= 15 is 0 Å². The van der Waals surface area contributed by atoms with Crippen LogP contribution in [0.1, 0.15) is 219 Å². The summed E-state index contributed by atoms with van der Waals surface area (Å²) in [5.41, 5.74) is 5.38. The van der Waals surface area contributed by atoms with Crippen LogP contribution in [0, 0.1) is 0 Å². The monoisotopic (exact) mass is 960 g/mol. The summed E-state index contributed by atoms with van der Waals surface area (Å²) in [6.45, 7) is 3.75. The van der Waals surface area contributed by atoms with Gasteiger partial charge in [-0.25, -0.2) is 4.57 Å². The van der Waals surface area contributed by atoms with Crippen molar-refractivity contribution >= 4 is 19.8 Å². The SMILES string of the molecule is CC/C=C\C/C=C\C/C=C\C/C=C\C/C=C\CCCCCCCCCC(=O)OC(COCCCCCCCCCCCC/C=C\C/C=C\CCCCCCC)COP(=O)(O)OCC(N)C(=O)O. The molecular weight excluding hydrogens is 862 g/mol. The Bertz CT molecular complexity index is 1390. The fourth-order valence-corrected chi connectivity index (χ4v) is 7.85. The van der Waals surface area contributed by atoms with Crippen LogP contribution in [0.15, 0.2) is 85.1 Å². The normalized spacial score (nSPS) is 14.3. The zero-order valence-electron chi connectivity index (χ0n) is 42.5. The second kappa shape index (κ2) is 51.0. The molecule has 11 heteroatoms. The third-order valence-corrected chi connectivity index (χ3v) is 12.1. The molecule has 0 aliphatic heterocycles. The Balaban J connectivity index is 4.17. The van der Waals surface area contributed by atoms with Crippen molar-refractivity contribution in [2.24, 2.45) is 5.73 Å².